The van der Waals surface area contributed by atoms with E-state index in [2.05, 4.69) is 39.0 Å². The van der Waals surface area contributed by atoms with Gasteiger partial charge in [0.15, 0.2) is 0 Å². The van der Waals surface area contributed by atoms with Crippen LogP contribution in [0.5, 0.6) is 0 Å². The second-order valence-electron chi connectivity index (χ2n) is 5.53. The minimum Gasteiger partial charge on any atom is -0.469 e. The van der Waals surface area contributed by atoms with E-state index in [1.807, 2.05) is 6.26 Å². The van der Waals surface area contributed by atoms with Crippen molar-refractivity contribution in [2.24, 2.45) is 11.3 Å². The Morgan fingerprint density at radius 3 is 3.00 bits per heavy atom. The minimum absolute atomic E-state index is 0.260. The average Bonchev–Trinajstić information content (AvgIpc) is 2.57. The van der Waals surface area contributed by atoms with Crippen LogP contribution in [0.2, 0.25) is 0 Å². The summed E-state index contributed by atoms with van der Waals surface area (Å²) < 4.78 is 5.68. The molecule has 0 unspecified atom stereocenters. The Bertz CT molecular complexity index is 490. The molecule has 2 atom stereocenters. The van der Waals surface area contributed by atoms with E-state index < -0.39 is 0 Å². The molecule has 0 saturated heterocycles. The highest BCUT2D eigenvalue weighted by Crippen LogP contribution is 2.47. The largest absolute Gasteiger partial charge is 0.469 e. The van der Waals surface area contributed by atoms with Gasteiger partial charge in [0.2, 0.25) is 0 Å². The van der Waals surface area contributed by atoms with E-state index in [1.54, 1.807) is 0 Å². The summed E-state index contributed by atoms with van der Waals surface area (Å²) >= 11 is 0. The van der Waals surface area contributed by atoms with Gasteiger partial charge >= 0.3 is 0 Å². The van der Waals surface area contributed by atoms with Gasteiger partial charge in [0.1, 0.15) is 5.76 Å². The minimum atomic E-state index is 0.260. The number of furan rings is 1. The van der Waals surface area contributed by atoms with Gasteiger partial charge in [0, 0.05) is 6.42 Å². The second kappa shape index (κ2) is 3.13. The zero-order valence-corrected chi connectivity index (χ0v) is 10.2. The van der Waals surface area contributed by atoms with Gasteiger partial charge in [-0.2, -0.15) is 0 Å². The van der Waals surface area contributed by atoms with Crippen molar-refractivity contribution in [2.75, 3.05) is 0 Å². The number of hydrogen-bond donors (Lipinski definition) is 0. The first-order valence-electron chi connectivity index (χ1n) is 6.02. The number of aryl methyl sites for hydroxylation is 1. The SMILES string of the molecule is CC1=CC=C[C@@]2(C)Cc3occ(C)c3C[C@H]12. The van der Waals surface area contributed by atoms with E-state index in [9.17, 15) is 0 Å². The van der Waals surface area contributed by atoms with E-state index in [-0.39, 0.29) is 5.41 Å². The van der Waals surface area contributed by atoms with E-state index in [4.69, 9.17) is 4.42 Å². The molecule has 2 aliphatic carbocycles. The molecule has 0 aliphatic heterocycles. The first-order chi connectivity index (χ1) is 7.60. The molecule has 3 rings (SSSR count). The predicted molar refractivity (Wildman–Crippen MR) is 65.3 cm³/mol. The van der Waals surface area contributed by atoms with Crippen molar-refractivity contribution in [2.45, 2.75) is 33.6 Å². The molecule has 84 valence electrons. The van der Waals surface area contributed by atoms with Crippen LogP contribution >= 0.6 is 0 Å². The first-order valence-corrected chi connectivity index (χ1v) is 6.02. The Morgan fingerprint density at radius 2 is 2.19 bits per heavy atom. The van der Waals surface area contributed by atoms with Gasteiger partial charge in [0.05, 0.1) is 6.26 Å². The fraction of sp³-hybridized carbons (Fsp3) is 0.467. The summed E-state index contributed by atoms with van der Waals surface area (Å²) in [5, 5.41) is 0. The van der Waals surface area contributed by atoms with Gasteiger partial charge in [-0.25, -0.2) is 0 Å². The number of hydrogen-bond acceptors (Lipinski definition) is 1. The third kappa shape index (κ3) is 1.24. The normalized spacial score (nSPS) is 31.9. The molecular formula is C15H18O. The third-order valence-corrected chi connectivity index (χ3v) is 4.32. The molecule has 0 bridgehead atoms. The van der Waals surface area contributed by atoms with Crippen LogP contribution in [0.15, 0.2) is 34.5 Å². The number of fused-ring (bicyclic) bond motifs is 2. The monoisotopic (exact) mass is 214 g/mol. The number of rotatable bonds is 0. The number of allylic oxidation sites excluding steroid dienone is 4. The van der Waals surface area contributed by atoms with E-state index >= 15 is 0 Å². The lowest BCUT2D eigenvalue weighted by molar-refractivity contribution is 0.244. The Labute approximate surface area is 96.8 Å². The molecule has 0 radical (unpaired) electrons. The molecule has 1 aromatic rings. The molecule has 0 fully saturated rings. The van der Waals surface area contributed by atoms with Crippen molar-refractivity contribution in [3.63, 3.8) is 0 Å². The first kappa shape index (κ1) is 9.95. The second-order valence-corrected chi connectivity index (χ2v) is 5.53. The third-order valence-electron chi connectivity index (χ3n) is 4.32. The summed E-state index contributed by atoms with van der Waals surface area (Å²) in [6, 6.07) is 0. The maximum Gasteiger partial charge on any atom is 0.108 e. The van der Waals surface area contributed by atoms with Crippen molar-refractivity contribution >= 4 is 0 Å². The summed E-state index contributed by atoms with van der Waals surface area (Å²) in [6.07, 6.45) is 10.9. The van der Waals surface area contributed by atoms with Gasteiger partial charge in [0.25, 0.3) is 0 Å². The predicted octanol–water partition coefficient (Wildman–Crippen LogP) is 3.83. The Balaban J connectivity index is 2.09. The lowest BCUT2D eigenvalue weighted by atomic mass is 9.63. The molecule has 0 N–H and O–H groups in total. The fourth-order valence-electron chi connectivity index (χ4n) is 3.24. The van der Waals surface area contributed by atoms with Crippen molar-refractivity contribution in [1.82, 2.24) is 0 Å². The molecule has 1 aromatic heterocycles. The standard InChI is InChI=1S/C15H18O/c1-10-5-4-6-15(3)8-14-12(7-13(10)15)11(2)9-16-14/h4-6,9,13H,7-8H2,1-3H3/t13-,15+/m1/s1. The smallest absolute Gasteiger partial charge is 0.108 e. The van der Waals surface area contributed by atoms with Crippen LogP contribution in [0.4, 0.5) is 0 Å². The highest BCUT2D eigenvalue weighted by atomic mass is 16.3. The van der Waals surface area contributed by atoms with E-state index in [0.717, 1.165) is 12.8 Å². The highest BCUT2D eigenvalue weighted by molar-refractivity contribution is 5.38. The molecule has 2 aliphatic rings. The van der Waals surface area contributed by atoms with Crippen molar-refractivity contribution in [1.29, 1.82) is 0 Å². The average molecular weight is 214 g/mol. The van der Waals surface area contributed by atoms with E-state index in [1.165, 1.54) is 22.5 Å². The van der Waals surface area contributed by atoms with Gasteiger partial charge in [-0.3, -0.25) is 0 Å². The molecule has 0 aromatic carbocycles. The van der Waals surface area contributed by atoms with Crippen molar-refractivity contribution in [3.05, 3.63) is 47.0 Å². The van der Waals surface area contributed by atoms with Crippen LogP contribution in [0, 0.1) is 18.3 Å². The topological polar surface area (TPSA) is 13.1 Å². The lowest BCUT2D eigenvalue weighted by Crippen LogP contribution is -2.35. The Hall–Kier alpha value is -1.24. The molecule has 0 spiro atoms. The maximum absolute atomic E-state index is 5.68. The molecule has 1 nitrogen and oxygen atoms in total. The summed E-state index contributed by atoms with van der Waals surface area (Å²) in [6.45, 7) is 6.76. The van der Waals surface area contributed by atoms with Gasteiger partial charge in [-0.05, 0) is 42.7 Å². The summed E-state index contributed by atoms with van der Waals surface area (Å²) in [7, 11) is 0. The molecule has 1 heterocycles. The van der Waals surface area contributed by atoms with Gasteiger partial charge < -0.3 is 4.42 Å². The van der Waals surface area contributed by atoms with Crippen LogP contribution in [0.1, 0.15) is 30.7 Å². The van der Waals surface area contributed by atoms with E-state index in [0.29, 0.717) is 5.92 Å². The zero-order valence-electron chi connectivity index (χ0n) is 10.2. The van der Waals surface area contributed by atoms with Crippen LogP contribution in [0.3, 0.4) is 0 Å². The molecule has 0 saturated carbocycles. The summed E-state index contributed by atoms with van der Waals surface area (Å²) in [5.74, 6) is 1.86. The van der Waals surface area contributed by atoms with Gasteiger partial charge in [-0.15, -0.1) is 0 Å². The van der Waals surface area contributed by atoms with Crippen LogP contribution in [0.25, 0.3) is 0 Å². The maximum atomic E-state index is 5.68. The summed E-state index contributed by atoms with van der Waals surface area (Å²) in [5.41, 5.74) is 4.54. The Kier molecular flexibility index (Phi) is 1.95. The zero-order chi connectivity index (χ0) is 11.3. The van der Waals surface area contributed by atoms with Crippen LogP contribution in [-0.4, -0.2) is 0 Å². The fourth-order valence-corrected chi connectivity index (χ4v) is 3.24. The Morgan fingerprint density at radius 1 is 1.38 bits per heavy atom. The molecular weight excluding hydrogens is 196 g/mol. The quantitative estimate of drug-likeness (QED) is 0.639. The lowest BCUT2D eigenvalue weighted by Gasteiger charge is -2.41. The van der Waals surface area contributed by atoms with Crippen LogP contribution in [-0.2, 0) is 12.8 Å². The van der Waals surface area contributed by atoms with Gasteiger partial charge in [-0.1, -0.05) is 30.7 Å². The molecule has 1 heteroatoms. The van der Waals surface area contributed by atoms with Crippen LogP contribution < -0.4 is 0 Å². The van der Waals surface area contributed by atoms with Crippen molar-refractivity contribution < 1.29 is 4.42 Å². The highest BCUT2D eigenvalue weighted by Gasteiger charge is 2.40. The summed E-state index contributed by atoms with van der Waals surface area (Å²) in [4.78, 5) is 0. The van der Waals surface area contributed by atoms with Crippen molar-refractivity contribution in [3.8, 4) is 0 Å². The molecule has 16 heavy (non-hydrogen) atoms. The molecule has 0 amide bonds.